The Hall–Kier alpha value is 1.12. The second-order valence-corrected chi connectivity index (χ2v) is 6.10. The fourth-order valence-electron chi connectivity index (χ4n) is 0. The van der Waals surface area contributed by atoms with Gasteiger partial charge in [-0.05, 0) is 0 Å². The molecule has 0 aromatic carbocycles. The average Bonchev–Trinajstić information content (AvgIpc) is 1.80. The van der Waals surface area contributed by atoms with Crippen LogP contribution in [-0.4, -0.2) is 48.9 Å². The molecule has 0 bridgehead atoms. The maximum Gasteiger partial charge on any atom is 0.466 e. The lowest BCUT2D eigenvalue weighted by Crippen LogP contribution is -1.66. The van der Waals surface area contributed by atoms with Crippen molar-refractivity contribution in [1.82, 2.24) is 0 Å². The summed E-state index contributed by atoms with van der Waals surface area (Å²) in [7, 11) is -12.2. The highest BCUT2D eigenvalue weighted by atomic mass is 32.1. The van der Waals surface area contributed by atoms with E-state index in [0.717, 1.165) is 0 Å². The molecule has 0 radical (unpaired) electrons. The lowest BCUT2D eigenvalue weighted by molar-refractivity contribution is 0.275. The smallest absolute Gasteiger partial charge is 0.344 e. The van der Waals surface area contributed by atoms with Crippen molar-refractivity contribution < 1.29 is 53.5 Å². The Morgan fingerprint density at radius 2 is 0.733 bits per heavy atom. The summed E-state index contributed by atoms with van der Waals surface area (Å²) in [5, 5.41) is 0. The molecule has 0 aromatic rings. The van der Waals surface area contributed by atoms with Gasteiger partial charge in [0.2, 0.25) is 0 Å². The molecule has 10 N–H and O–H groups in total. The van der Waals surface area contributed by atoms with Crippen molar-refractivity contribution in [1.29, 1.82) is 0 Å². The Bertz CT molecular complexity index is 139. The van der Waals surface area contributed by atoms with Gasteiger partial charge in [-0.25, -0.2) is 4.57 Å². The molecule has 0 unspecified atom stereocenters. The third kappa shape index (κ3) is 99.3. The molecule has 0 saturated heterocycles. The molecule has 0 aliphatic heterocycles. The molecule has 0 saturated carbocycles. The van der Waals surface area contributed by atoms with E-state index < -0.39 is 32.6 Å². The summed E-state index contributed by atoms with van der Waals surface area (Å²) < 4.78 is 8.88. The second-order valence-electron chi connectivity index (χ2n) is 1.32. The van der Waals surface area contributed by atoms with Gasteiger partial charge in [-0.2, -0.15) is 0 Å². The van der Waals surface area contributed by atoms with Crippen molar-refractivity contribution in [2.75, 3.05) is 0 Å². The van der Waals surface area contributed by atoms with Gasteiger partial charge in [0.25, 0.3) is 16.1 Å². The monoisotopic (exact) mass is 310 g/mol. The van der Waals surface area contributed by atoms with Crippen molar-refractivity contribution >= 4 is 32.6 Å². The molecule has 96 valence electrons. The highest BCUT2D eigenvalue weighted by Gasteiger charge is 2.08. The average molecular weight is 310 g/mol. The molecule has 11 nitrogen and oxygen atoms in total. The van der Waals surface area contributed by atoms with E-state index in [-0.39, 0.29) is 0 Å². The van der Waals surface area contributed by atoms with Gasteiger partial charge in [0.15, 0.2) is 0 Å². The molecule has 0 amide bonds. The van der Waals surface area contributed by atoms with Gasteiger partial charge in [-0.3, -0.25) is 0 Å². The standard InChI is InChI=1S/H4O4P2.H3O4P.H3O3P/c1-5(2)6(3)4;1-5(2,3)4;1-4(2)3/h1-4H;(H3,1,2,3,4);1-3H. The first-order valence-electron chi connectivity index (χ1n) is 2.38. The summed E-state index contributed by atoms with van der Waals surface area (Å²) in [6.45, 7) is 0. The van der Waals surface area contributed by atoms with E-state index in [1.165, 1.54) is 0 Å². The summed E-state index contributed by atoms with van der Waals surface area (Å²) in [5.41, 5.74) is 0. The van der Waals surface area contributed by atoms with Crippen LogP contribution in [-0.2, 0) is 4.57 Å². The number of rotatable bonds is 1. The molecule has 15 heteroatoms. The van der Waals surface area contributed by atoms with Crippen LogP contribution in [0.5, 0.6) is 0 Å². The summed E-state index contributed by atoms with van der Waals surface area (Å²) >= 11 is 0. The van der Waals surface area contributed by atoms with Gasteiger partial charge in [0.05, 0.1) is 0 Å². The highest BCUT2D eigenvalue weighted by molar-refractivity contribution is 8.19. The van der Waals surface area contributed by atoms with Crippen molar-refractivity contribution in [3.05, 3.63) is 0 Å². The minimum atomic E-state index is -4.64. The molecular weight excluding hydrogens is 300 g/mol. The van der Waals surface area contributed by atoms with E-state index in [9.17, 15) is 0 Å². The molecule has 15 heavy (non-hydrogen) atoms. The zero-order chi connectivity index (χ0) is 13.2. The summed E-state index contributed by atoms with van der Waals surface area (Å²) in [6.07, 6.45) is 0. The minimum absolute atomic E-state index is 2.48. The van der Waals surface area contributed by atoms with Crippen molar-refractivity contribution in [2.24, 2.45) is 0 Å². The lowest BCUT2D eigenvalue weighted by Gasteiger charge is -1.97. The van der Waals surface area contributed by atoms with Crippen LogP contribution in [0.4, 0.5) is 0 Å². The molecule has 0 atom stereocenters. The normalized spacial score (nSPS) is 10.7. The number of phosphoric acid groups is 1. The molecule has 0 fully saturated rings. The minimum Gasteiger partial charge on any atom is -0.344 e. The third-order valence-electron chi connectivity index (χ3n) is 0.160. The maximum absolute atomic E-state index is 8.88. The van der Waals surface area contributed by atoms with Gasteiger partial charge < -0.3 is 48.9 Å². The SMILES string of the molecule is O=P(O)(O)O.OP(O)O.OP(O)P(O)O. The van der Waals surface area contributed by atoms with E-state index in [1.807, 2.05) is 0 Å². The Morgan fingerprint density at radius 3 is 0.733 bits per heavy atom. The van der Waals surface area contributed by atoms with Gasteiger partial charge in [-0.1, -0.05) is 0 Å². The van der Waals surface area contributed by atoms with E-state index in [4.69, 9.17) is 53.5 Å². The molecular formula is H10O11P4. The van der Waals surface area contributed by atoms with Gasteiger partial charge >= 0.3 is 16.4 Å². The maximum atomic E-state index is 8.88. The largest absolute Gasteiger partial charge is 0.466 e. The zero-order valence-electron chi connectivity index (χ0n) is 6.67. The van der Waals surface area contributed by atoms with Crippen LogP contribution < -0.4 is 0 Å². The van der Waals surface area contributed by atoms with E-state index >= 15 is 0 Å². The molecule has 0 heterocycles. The first-order chi connectivity index (χ1) is 6.37. The molecule has 0 aliphatic rings. The summed E-state index contributed by atoms with van der Waals surface area (Å²) in [6, 6.07) is 0. The van der Waals surface area contributed by atoms with Crippen molar-refractivity contribution in [3.8, 4) is 0 Å². The summed E-state index contributed by atoms with van der Waals surface area (Å²) in [5.74, 6) is 0. The molecule has 0 aliphatic carbocycles. The van der Waals surface area contributed by atoms with Gasteiger partial charge in [0.1, 0.15) is 0 Å². The number of hydrogen-bond acceptors (Lipinski definition) is 8. The summed E-state index contributed by atoms with van der Waals surface area (Å²) in [4.78, 5) is 74.4. The Morgan fingerprint density at radius 1 is 0.667 bits per heavy atom. The van der Waals surface area contributed by atoms with Crippen molar-refractivity contribution in [3.63, 3.8) is 0 Å². The fourth-order valence-corrected chi connectivity index (χ4v) is 0. The Labute approximate surface area is 86.9 Å². The van der Waals surface area contributed by atoms with Crippen LogP contribution >= 0.6 is 32.6 Å². The van der Waals surface area contributed by atoms with Gasteiger partial charge in [0, 0.05) is 0 Å². The van der Waals surface area contributed by atoms with Crippen LogP contribution in [0.2, 0.25) is 0 Å². The van der Waals surface area contributed by atoms with Crippen LogP contribution in [0.25, 0.3) is 0 Å². The van der Waals surface area contributed by atoms with Crippen LogP contribution in [0.3, 0.4) is 0 Å². The van der Waals surface area contributed by atoms with E-state index in [0.29, 0.717) is 0 Å². The molecule has 0 aromatic heterocycles. The van der Waals surface area contributed by atoms with Crippen LogP contribution in [0.1, 0.15) is 0 Å². The molecule has 0 spiro atoms. The number of hydrogen-bond donors (Lipinski definition) is 10. The third-order valence-corrected chi connectivity index (χ3v) is 1.44. The lowest BCUT2D eigenvalue weighted by atomic mass is 15.8. The predicted molar refractivity (Wildman–Crippen MR) is 50.6 cm³/mol. The Kier molecular flexibility index (Phi) is 16.6. The first kappa shape index (κ1) is 21.4. The Balaban J connectivity index is -0.000000147. The van der Waals surface area contributed by atoms with Gasteiger partial charge in [-0.15, -0.1) is 0 Å². The highest BCUT2D eigenvalue weighted by Crippen LogP contribution is 2.56. The van der Waals surface area contributed by atoms with Crippen LogP contribution in [0, 0.1) is 0 Å². The van der Waals surface area contributed by atoms with E-state index in [1.54, 1.807) is 0 Å². The second kappa shape index (κ2) is 11.6. The van der Waals surface area contributed by atoms with E-state index in [2.05, 4.69) is 0 Å². The topological polar surface area (TPSA) is 219 Å². The fraction of sp³-hybridized carbons (Fsp3) is 0. The predicted octanol–water partition coefficient (Wildman–Crippen LogP) is -2.24. The molecule has 0 rings (SSSR count). The van der Waals surface area contributed by atoms with Crippen molar-refractivity contribution in [2.45, 2.75) is 0 Å². The van der Waals surface area contributed by atoms with Crippen LogP contribution in [0.15, 0.2) is 0 Å². The first-order valence-corrected chi connectivity index (χ1v) is 8.35. The zero-order valence-corrected chi connectivity index (χ0v) is 10.2. The quantitative estimate of drug-likeness (QED) is 0.233.